The topological polar surface area (TPSA) is 8.81 Å². The molecule has 2 rings (SSSR count). The lowest BCUT2D eigenvalue weighted by atomic mass is 10.1. The summed E-state index contributed by atoms with van der Waals surface area (Å²) in [6.07, 6.45) is 33.7. The molecule has 0 aliphatic carbocycles. The van der Waals surface area contributed by atoms with Crippen LogP contribution in [0.15, 0.2) is 42.7 Å². The monoisotopic (exact) mass is 495 g/mol. The minimum absolute atomic E-state index is 1.15. The molecule has 1 heterocycles. The Labute approximate surface area is 224 Å². The van der Waals surface area contributed by atoms with Gasteiger partial charge in [-0.05, 0) is 37.7 Å². The van der Waals surface area contributed by atoms with E-state index < -0.39 is 0 Å². The zero-order valence-corrected chi connectivity index (χ0v) is 24.2. The van der Waals surface area contributed by atoms with E-state index >= 15 is 0 Å². The second-order valence-corrected chi connectivity index (χ2v) is 11.1. The normalized spacial score (nSPS) is 11.4. The molecule has 0 atom stereocenters. The van der Waals surface area contributed by atoms with E-state index in [0.29, 0.717) is 0 Å². The van der Waals surface area contributed by atoms with E-state index in [1.807, 2.05) is 0 Å². The van der Waals surface area contributed by atoms with Gasteiger partial charge >= 0.3 is 0 Å². The lowest BCUT2D eigenvalue weighted by Gasteiger charge is -2.07. The number of aromatic nitrogens is 2. The molecule has 0 radical (unpaired) electrons. The summed E-state index contributed by atoms with van der Waals surface area (Å²) in [4.78, 5) is 0. The second-order valence-electron chi connectivity index (χ2n) is 11.1. The van der Waals surface area contributed by atoms with Crippen molar-refractivity contribution in [1.82, 2.24) is 4.57 Å². The molecule has 1 aromatic carbocycles. The fourth-order valence-corrected chi connectivity index (χ4v) is 5.48. The molecule has 1 aromatic heterocycles. The van der Waals surface area contributed by atoms with Gasteiger partial charge in [0, 0.05) is 6.42 Å². The maximum absolute atomic E-state index is 2.59. The molecule has 2 nitrogen and oxygen atoms in total. The van der Waals surface area contributed by atoms with Gasteiger partial charge in [0.05, 0.1) is 13.1 Å². The number of hydrogen-bond donors (Lipinski definition) is 0. The molecule has 0 amide bonds. The zero-order chi connectivity index (χ0) is 25.5. The molecular weight excluding hydrogens is 436 g/mol. The Morgan fingerprint density at radius 2 is 1.08 bits per heavy atom. The first-order chi connectivity index (χ1) is 17.8. The summed E-state index contributed by atoms with van der Waals surface area (Å²) in [5.41, 5.74) is 1.47. The molecule has 36 heavy (non-hydrogen) atoms. The minimum Gasteiger partial charge on any atom is -0.234 e. The van der Waals surface area contributed by atoms with E-state index in [2.05, 4.69) is 65.7 Å². The maximum atomic E-state index is 2.59. The molecule has 0 aliphatic rings. The van der Waals surface area contributed by atoms with Crippen molar-refractivity contribution in [3.05, 3.63) is 54.1 Å². The number of benzene rings is 1. The van der Waals surface area contributed by atoms with Crippen LogP contribution in [-0.2, 0) is 25.9 Å². The maximum Gasteiger partial charge on any atom is 0.256 e. The Kier molecular flexibility index (Phi) is 18.3. The van der Waals surface area contributed by atoms with E-state index in [1.165, 1.54) is 147 Å². The van der Waals surface area contributed by atoms with Crippen molar-refractivity contribution in [2.75, 3.05) is 0 Å². The van der Waals surface area contributed by atoms with Crippen molar-refractivity contribution < 1.29 is 4.57 Å². The van der Waals surface area contributed by atoms with E-state index in [9.17, 15) is 0 Å². The van der Waals surface area contributed by atoms with Gasteiger partial charge < -0.3 is 0 Å². The molecule has 0 saturated heterocycles. The number of rotatable bonds is 24. The first kappa shape index (κ1) is 30.7. The smallest absolute Gasteiger partial charge is 0.234 e. The van der Waals surface area contributed by atoms with Crippen LogP contribution in [0, 0.1) is 0 Å². The van der Waals surface area contributed by atoms with Crippen molar-refractivity contribution in [3.8, 4) is 0 Å². The molecule has 0 N–H and O–H groups in total. The fraction of sp³-hybridized carbons (Fsp3) is 0.735. The summed E-state index contributed by atoms with van der Waals surface area (Å²) in [5, 5.41) is 0. The van der Waals surface area contributed by atoms with Crippen LogP contribution in [0.25, 0.3) is 0 Å². The Morgan fingerprint density at radius 3 is 1.67 bits per heavy atom. The van der Waals surface area contributed by atoms with Gasteiger partial charge in [-0.1, -0.05) is 140 Å². The van der Waals surface area contributed by atoms with Crippen molar-refractivity contribution in [2.45, 2.75) is 162 Å². The third-order valence-electron chi connectivity index (χ3n) is 7.80. The predicted octanol–water partition coefficient (Wildman–Crippen LogP) is 10.0. The lowest BCUT2D eigenvalue weighted by Crippen LogP contribution is -2.37. The van der Waals surface area contributed by atoms with Crippen molar-refractivity contribution in [1.29, 1.82) is 0 Å². The summed E-state index contributed by atoms with van der Waals surface area (Å²) in [5.74, 6) is 1.57. The highest BCUT2D eigenvalue weighted by Gasteiger charge is 2.16. The van der Waals surface area contributed by atoms with Crippen molar-refractivity contribution >= 4 is 0 Å². The largest absolute Gasteiger partial charge is 0.256 e. The highest BCUT2D eigenvalue weighted by Crippen LogP contribution is 2.14. The summed E-state index contributed by atoms with van der Waals surface area (Å²) in [6.45, 7) is 6.96. The van der Waals surface area contributed by atoms with E-state index in [0.717, 1.165) is 6.54 Å². The Balaban J connectivity index is 1.73. The van der Waals surface area contributed by atoms with Gasteiger partial charge in [-0.15, -0.1) is 0 Å². The van der Waals surface area contributed by atoms with Gasteiger partial charge in [0.15, 0.2) is 0 Å². The first-order valence-corrected chi connectivity index (χ1v) is 16.0. The summed E-state index contributed by atoms with van der Waals surface area (Å²) >= 11 is 0. The van der Waals surface area contributed by atoms with Crippen LogP contribution >= 0.6 is 0 Å². The molecule has 0 unspecified atom stereocenters. The molecule has 0 fully saturated rings. The highest BCUT2D eigenvalue weighted by molar-refractivity contribution is 5.14. The van der Waals surface area contributed by atoms with E-state index in [4.69, 9.17) is 0 Å². The van der Waals surface area contributed by atoms with Gasteiger partial charge in [0.2, 0.25) is 0 Å². The van der Waals surface area contributed by atoms with Crippen LogP contribution in [-0.4, -0.2) is 4.57 Å². The van der Waals surface area contributed by atoms with E-state index in [1.54, 1.807) is 5.82 Å². The zero-order valence-electron chi connectivity index (χ0n) is 24.2. The third kappa shape index (κ3) is 14.2. The van der Waals surface area contributed by atoms with Crippen molar-refractivity contribution in [2.24, 2.45) is 0 Å². The number of hydrogen-bond acceptors (Lipinski definition) is 0. The van der Waals surface area contributed by atoms with Gasteiger partial charge in [0.25, 0.3) is 5.82 Å². The summed E-state index contributed by atoms with van der Waals surface area (Å²) in [6, 6.07) is 11.0. The molecule has 204 valence electrons. The van der Waals surface area contributed by atoms with Gasteiger partial charge in [-0.25, -0.2) is 9.13 Å². The molecule has 0 aliphatic heterocycles. The minimum atomic E-state index is 1.15. The Hall–Kier alpha value is -1.57. The number of nitrogens with zero attached hydrogens (tertiary/aromatic N) is 2. The summed E-state index contributed by atoms with van der Waals surface area (Å²) in [7, 11) is 0. The van der Waals surface area contributed by atoms with Crippen LogP contribution in [0.3, 0.4) is 0 Å². The SMILES string of the molecule is CCCCCCCCCCCc1n(CCCCCCCCCCC)cc[n+]1CCCc1ccccc1. The van der Waals surface area contributed by atoms with Crippen LogP contribution in [0.5, 0.6) is 0 Å². The lowest BCUT2D eigenvalue weighted by molar-refractivity contribution is -0.704. The van der Waals surface area contributed by atoms with Gasteiger partial charge in [0.1, 0.15) is 12.4 Å². The predicted molar refractivity (Wildman–Crippen MR) is 158 cm³/mol. The Bertz CT molecular complexity index is 733. The highest BCUT2D eigenvalue weighted by atomic mass is 15.1. The standard InChI is InChI=1S/C34H59N2/c1-3-5-7-9-11-13-15-17-22-28-34-35(29-23-18-16-14-12-10-8-6-4-2)31-32-36(34)30-24-27-33-25-20-19-21-26-33/h19-21,25-26,31-32H,3-18,22-24,27-30H2,1-2H3/q+1. The third-order valence-corrected chi connectivity index (χ3v) is 7.80. The average molecular weight is 496 g/mol. The Morgan fingerprint density at radius 1 is 0.556 bits per heavy atom. The number of unbranched alkanes of at least 4 members (excludes halogenated alkanes) is 16. The van der Waals surface area contributed by atoms with Crippen LogP contribution in [0.4, 0.5) is 0 Å². The van der Waals surface area contributed by atoms with E-state index in [-0.39, 0.29) is 0 Å². The molecule has 0 spiro atoms. The quantitative estimate of drug-likeness (QED) is 0.101. The average Bonchev–Trinajstić information content (AvgIpc) is 3.28. The van der Waals surface area contributed by atoms with Gasteiger partial charge in [-0.2, -0.15) is 0 Å². The van der Waals surface area contributed by atoms with Crippen LogP contribution in [0.1, 0.15) is 147 Å². The molecule has 0 bridgehead atoms. The molecular formula is C34H59N2+. The number of aryl methyl sites for hydroxylation is 3. The second kappa shape index (κ2) is 21.5. The molecule has 2 heteroatoms. The fourth-order valence-electron chi connectivity index (χ4n) is 5.48. The molecule has 2 aromatic rings. The molecule has 0 saturated carbocycles. The van der Waals surface area contributed by atoms with Crippen LogP contribution in [0.2, 0.25) is 0 Å². The summed E-state index contributed by atoms with van der Waals surface area (Å²) < 4.78 is 5.16. The van der Waals surface area contributed by atoms with Crippen LogP contribution < -0.4 is 4.57 Å². The number of imidazole rings is 1. The van der Waals surface area contributed by atoms with Crippen molar-refractivity contribution in [3.63, 3.8) is 0 Å². The van der Waals surface area contributed by atoms with Gasteiger partial charge in [-0.3, -0.25) is 0 Å². The first-order valence-electron chi connectivity index (χ1n) is 16.0.